The first-order valence-electron chi connectivity index (χ1n) is 7.18. The molecule has 0 spiro atoms. The van der Waals surface area contributed by atoms with Crippen molar-refractivity contribution in [3.8, 4) is 0 Å². The van der Waals surface area contributed by atoms with E-state index in [1.807, 2.05) is 18.0 Å². The molecule has 2 rings (SSSR count). The Morgan fingerprint density at radius 1 is 1.44 bits per heavy atom. The van der Waals surface area contributed by atoms with Gasteiger partial charge in [0.25, 0.3) is 0 Å². The van der Waals surface area contributed by atoms with Crippen molar-refractivity contribution < 1.29 is 0 Å². The molecule has 2 nitrogen and oxygen atoms in total. The lowest BCUT2D eigenvalue weighted by Gasteiger charge is -2.25. The van der Waals surface area contributed by atoms with E-state index in [9.17, 15) is 0 Å². The summed E-state index contributed by atoms with van der Waals surface area (Å²) in [6, 6.07) is 4.98. The van der Waals surface area contributed by atoms with Crippen LogP contribution in [-0.4, -0.2) is 28.7 Å². The molecule has 1 aromatic rings. The molecule has 1 aliphatic rings. The van der Waals surface area contributed by atoms with Crippen LogP contribution < -0.4 is 0 Å². The summed E-state index contributed by atoms with van der Waals surface area (Å²) in [4.78, 5) is 7.22. The molecular formula is C15H24N2S. The zero-order chi connectivity index (χ0) is 12.8. The van der Waals surface area contributed by atoms with Crippen molar-refractivity contribution in [2.75, 3.05) is 18.8 Å². The third-order valence-corrected chi connectivity index (χ3v) is 4.51. The van der Waals surface area contributed by atoms with Gasteiger partial charge < -0.3 is 0 Å². The van der Waals surface area contributed by atoms with E-state index in [-0.39, 0.29) is 0 Å². The van der Waals surface area contributed by atoms with Crippen LogP contribution in [-0.2, 0) is 0 Å². The van der Waals surface area contributed by atoms with E-state index in [2.05, 4.69) is 35.9 Å². The van der Waals surface area contributed by atoms with Gasteiger partial charge in [-0.3, -0.25) is 4.90 Å². The van der Waals surface area contributed by atoms with E-state index >= 15 is 0 Å². The van der Waals surface area contributed by atoms with Gasteiger partial charge in [-0.25, -0.2) is 4.98 Å². The van der Waals surface area contributed by atoms with Crippen LogP contribution in [0.1, 0.15) is 51.1 Å². The summed E-state index contributed by atoms with van der Waals surface area (Å²) in [5.41, 5.74) is 1.46. The summed E-state index contributed by atoms with van der Waals surface area (Å²) in [7, 11) is 0. The minimum absolute atomic E-state index is 0.610. The first-order chi connectivity index (χ1) is 8.86. The van der Waals surface area contributed by atoms with Crippen LogP contribution >= 0.6 is 11.8 Å². The van der Waals surface area contributed by atoms with Gasteiger partial charge in [0.05, 0.1) is 0 Å². The van der Waals surface area contributed by atoms with Gasteiger partial charge >= 0.3 is 0 Å². The van der Waals surface area contributed by atoms with Crippen molar-refractivity contribution in [2.45, 2.75) is 50.6 Å². The summed E-state index contributed by atoms with van der Waals surface area (Å²) in [6.45, 7) is 6.97. The van der Waals surface area contributed by atoms with E-state index in [4.69, 9.17) is 0 Å². The van der Waals surface area contributed by atoms with Gasteiger partial charge in [-0.2, -0.15) is 0 Å². The molecule has 0 radical (unpaired) electrons. The number of nitrogens with zero attached hydrogens (tertiary/aromatic N) is 2. The molecule has 0 saturated carbocycles. The highest BCUT2D eigenvalue weighted by atomic mass is 32.2. The minimum Gasteiger partial charge on any atom is -0.296 e. The van der Waals surface area contributed by atoms with Crippen LogP contribution in [0.5, 0.6) is 0 Å². The van der Waals surface area contributed by atoms with Crippen molar-refractivity contribution in [1.82, 2.24) is 9.88 Å². The first kappa shape index (κ1) is 13.9. The fourth-order valence-corrected chi connectivity index (χ4v) is 3.50. The van der Waals surface area contributed by atoms with Gasteiger partial charge in [0, 0.05) is 17.8 Å². The first-order valence-corrected chi connectivity index (χ1v) is 8.17. The van der Waals surface area contributed by atoms with Crippen molar-refractivity contribution >= 4 is 11.8 Å². The lowest BCUT2D eigenvalue weighted by molar-refractivity contribution is 0.250. The second kappa shape index (κ2) is 7.15. The Hall–Kier alpha value is -0.540. The Bertz CT molecular complexity index is 367. The van der Waals surface area contributed by atoms with Crippen molar-refractivity contribution in [3.05, 3.63) is 23.9 Å². The van der Waals surface area contributed by atoms with Gasteiger partial charge in [0.15, 0.2) is 0 Å². The summed E-state index contributed by atoms with van der Waals surface area (Å²) in [5, 5.41) is 1.24. The van der Waals surface area contributed by atoms with Crippen molar-refractivity contribution in [2.24, 2.45) is 0 Å². The quantitative estimate of drug-likeness (QED) is 0.719. The summed E-state index contributed by atoms with van der Waals surface area (Å²) < 4.78 is 0. The molecule has 18 heavy (non-hydrogen) atoms. The second-order valence-corrected chi connectivity index (χ2v) is 6.13. The maximum absolute atomic E-state index is 4.56. The number of thioether (sulfide) groups is 1. The van der Waals surface area contributed by atoms with Gasteiger partial charge in [-0.1, -0.05) is 26.3 Å². The molecule has 1 aromatic heterocycles. The number of aromatic nitrogens is 1. The van der Waals surface area contributed by atoms with E-state index in [0.717, 1.165) is 5.75 Å². The summed E-state index contributed by atoms with van der Waals surface area (Å²) in [5.74, 6) is 1.10. The highest BCUT2D eigenvalue weighted by Gasteiger charge is 2.27. The zero-order valence-electron chi connectivity index (χ0n) is 11.6. The molecule has 0 aliphatic carbocycles. The minimum atomic E-state index is 0.610. The van der Waals surface area contributed by atoms with E-state index < -0.39 is 0 Å². The zero-order valence-corrected chi connectivity index (χ0v) is 12.4. The molecular weight excluding hydrogens is 240 g/mol. The third kappa shape index (κ3) is 3.27. The predicted octanol–water partition coefficient (Wildman–Crippen LogP) is 4.13. The normalized spacial score (nSPS) is 20.4. The standard InChI is InChI=1S/C15H24N2S/c1-3-5-11-17-12-7-9-14(17)13-8-6-10-16-15(13)18-4-2/h6,8,10,14H,3-5,7,9,11-12H2,1-2H3. The molecule has 1 fully saturated rings. The van der Waals surface area contributed by atoms with E-state index in [1.165, 1.54) is 49.4 Å². The van der Waals surface area contributed by atoms with Crippen molar-refractivity contribution in [3.63, 3.8) is 0 Å². The van der Waals surface area contributed by atoms with Gasteiger partial charge in [-0.15, -0.1) is 11.8 Å². The van der Waals surface area contributed by atoms with Crippen LogP contribution in [0.25, 0.3) is 0 Å². The molecule has 3 heteroatoms. The smallest absolute Gasteiger partial charge is 0.101 e. The largest absolute Gasteiger partial charge is 0.296 e. The van der Waals surface area contributed by atoms with Gasteiger partial charge in [0.2, 0.25) is 0 Å². The molecule has 1 unspecified atom stereocenters. The average molecular weight is 264 g/mol. The number of rotatable bonds is 6. The Morgan fingerprint density at radius 3 is 3.11 bits per heavy atom. The Kier molecular flexibility index (Phi) is 5.51. The Labute approximate surface area is 115 Å². The van der Waals surface area contributed by atoms with Crippen LogP contribution in [0.3, 0.4) is 0 Å². The van der Waals surface area contributed by atoms with Crippen molar-refractivity contribution in [1.29, 1.82) is 0 Å². The van der Waals surface area contributed by atoms with E-state index in [0.29, 0.717) is 6.04 Å². The van der Waals surface area contributed by atoms with Crippen LogP contribution in [0.4, 0.5) is 0 Å². The predicted molar refractivity (Wildman–Crippen MR) is 79.1 cm³/mol. The number of likely N-dealkylation sites (tertiary alicyclic amines) is 1. The summed E-state index contributed by atoms with van der Waals surface area (Å²) >= 11 is 1.88. The SMILES string of the molecule is CCCCN1CCCC1c1cccnc1SCC. The third-order valence-electron chi connectivity index (χ3n) is 3.60. The molecule has 2 heterocycles. The number of pyridine rings is 1. The molecule has 1 saturated heterocycles. The monoisotopic (exact) mass is 264 g/mol. The molecule has 1 aliphatic heterocycles. The van der Waals surface area contributed by atoms with Crippen LogP contribution in [0.15, 0.2) is 23.4 Å². The summed E-state index contributed by atoms with van der Waals surface area (Å²) in [6.07, 6.45) is 7.15. The lowest BCUT2D eigenvalue weighted by atomic mass is 10.1. The lowest BCUT2D eigenvalue weighted by Crippen LogP contribution is -2.24. The van der Waals surface area contributed by atoms with Gasteiger partial charge in [0.1, 0.15) is 5.03 Å². The van der Waals surface area contributed by atoms with Gasteiger partial charge in [-0.05, 0) is 44.2 Å². The molecule has 0 aromatic carbocycles. The fraction of sp³-hybridized carbons (Fsp3) is 0.667. The molecule has 100 valence electrons. The number of unbranched alkanes of at least 4 members (excludes halogenated alkanes) is 1. The maximum Gasteiger partial charge on any atom is 0.101 e. The highest BCUT2D eigenvalue weighted by molar-refractivity contribution is 7.99. The molecule has 0 bridgehead atoms. The maximum atomic E-state index is 4.56. The molecule has 0 N–H and O–H groups in total. The van der Waals surface area contributed by atoms with Crippen LogP contribution in [0.2, 0.25) is 0 Å². The topological polar surface area (TPSA) is 16.1 Å². The number of hydrogen-bond acceptors (Lipinski definition) is 3. The number of hydrogen-bond donors (Lipinski definition) is 0. The Morgan fingerprint density at radius 2 is 2.33 bits per heavy atom. The molecule has 1 atom stereocenters. The average Bonchev–Trinajstić information content (AvgIpc) is 2.85. The highest BCUT2D eigenvalue weighted by Crippen LogP contribution is 2.36. The Balaban J connectivity index is 2.13. The molecule has 0 amide bonds. The second-order valence-electron chi connectivity index (χ2n) is 4.88. The van der Waals surface area contributed by atoms with Crippen LogP contribution in [0, 0.1) is 0 Å². The fourth-order valence-electron chi connectivity index (χ4n) is 2.72. The van der Waals surface area contributed by atoms with E-state index in [1.54, 1.807) is 0 Å².